The number of nitrogens with zero attached hydrogens (tertiary/aromatic N) is 3. The molecular formula is C20H25Cl3N6O2. The van der Waals surface area contributed by atoms with Crippen LogP contribution in [-0.4, -0.2) is 43.3 Å². The summed E-state index contributed by atoms with van der Waals surface area (Å²) in [5, 5.41) is 4.59. The highest BCUT2D eigenvalue weighted by Crippen LogP contribution is 2.37. The number of methoxy groups -OCH3 is 2. The van der Waals surface area contributed by atoms with Crippen molar-refractivity contribution in [3.8, 4) is 11.5 Å². The third-order valence-electron chi connectivity index (χ3n) is 4.96. The number of aromatic nitrogens is 2. The SMILES string of the molecule is COc1cc2nc(Nc3ccc(Cl)c(N)c3)nc(N3CCC(N)C3)c2cc1OC.Cl.Cl. The van der Waals surface area contributed by atoms with Crippen molar-refractivity contribution < 1.29 is 9.47 Å². The minimum absolute atomic E-state index is 0. The van der Waals surface area contributed by atoms with E-state index < -0.39 is 0 Å². The van der Waals surface area contributed by atoms with Crippen molar-refractivity contribution in [2.75, 3.05) is 43.3 Å². The molecular weight excluding hydrogens is 463 g/mol. The Morgan fingerprint density at radius 2 is 1.81 bits per heavy atom. The van der Waals surface area contributed by atoms with E-state index in [0.717, 1.165) is 41.9 Å². The molecule has 1 saturated heterocycles. The van der Waals surface area contributed by atoms with Gasteiger partial charge in [0.1, 0.15) is 5.82 Å². The third kappa shape index (κ3) is 5.10. The van der Waals surface area contributed by atoms with Crippen LogP contribution in [0.25, 0.3) is 10.9 Å². The van der Waals surface area contributed by atoms with Gasteiger partial charge in [0.2, 0.25) is 5.95 Å². The van der Waals surface area contributed by atoms with E-state index in [1.54, 1.807) is 26.4 Å². The molecule has 0 aliphatic carbocycles. The van der Waals surface area contributed by atoms with Crippen LogP contribution in [0.15, 0.2) is 30.3 Å². The maximum absolute atomic E-state index is 6.13. The number of nitrogen functional groups attached to an aromatic ring is 1. The van der Waals surface area contributed by atoms with Gasteiger partial charge in [0, 0.05) is 36.3 Å². The molecule has 3 aromatic rings. The molecule has 0 saturated carbocycles. The van der Waals surface area contributed by atoms with Gasteiger partial charge in [0.15, 0.2) is 11.5 Å². The van der Waals surface area contributed by atoms with Gasteiger partial charge in [-0.05, 0) is 30.7 Å². The molecule has 168 valence electrons. The average molecular weight is 488 g/mol. The highest BCUT2D eigenvalue weighted by atomic mass is 35.5. The van der Waals surface area contributed by atoms with E-state index in [2.05, 4.69) is 15.2 Å². The van der Waals surface area contributed by atoms with Gasteiger partial charge in [-0.25, -0.2) is 4.98 Å². The van der Waals surface area contributed by atoms with E-state index in [0.29, 0.717) is 28.2 Å². The van der Waals surface area contributed by atoms with Crippen LogP contribution in [0.2, 0.25) is 5.02 Å². The lowest BCUT2D eigenvalue weighted by Crippen LogP contribution is -2.27. The maximum atomic E-state index is 6.13. The van der Waals surface area contributed by atoms with Crippen molar-refractivity contribution in [3.05, 3.63) is 35.4 Å². The summed E-state index contributed by atoms with van der Waals surface area (Å²) >= 11 is 6.02. The molecule has 0 bridgehead atoms. The Balaban J connectivity index is 0.00000171. The number of anilines is 4. The Kier molecular flexibility index (Phi) is 8.25. The smallest absolute Gasteiger partial charge is 0.229 e. The molecule has 1 aromatic heterocycles. The Hall–Kier alpha value is -2.39. The molecule has 4 rings (SSSR count). The number of benzene rings is 2. The number of nitrogens with two attached hydrogens (primary N) is 2. The van der Waals surface area contributed by atoms with Crippen molar-refractivity contribution in [3.63, 3.8) is 0 Å². The van der Waals surface area contributed by atoms with Crippen LogP contribution in [0.5, 0.6) is 11.5 Å². The minimum atomic E-state index is 0. The lowest BCUT2D eigenvalue weighted by atomic mass is 10.2. The summed E-state index contributed by atoms with van der Waals surface area (Å²) in [5.74, 6) is 2.47. The van der Waals surface area contributed by atoms with Crippen LogP contribution in [0.4, 0.5) is 23.1 Å². The molecule has 0 amide bonds. The standard InChI is InChI=1S/C20H23ClN6O2.2ClH/c1-28-17-8-13-16(9-18(17)29-2)25-20(24-12-3-4-14(21)15(23)7-12)26-19(13)27-6-5-11(22)10-27;;/h3-4,7-9,11H,5-6,10,22-23H2,1-2H3,(H,24,25,26);2*1H. The van der Waals surface area contributed by atoms with Crippen molar-refractivity contribution in [2.45, 2.75) is 12.5 Å². The van der Waals surface area contributed by atoms with E-state index in [4.69, 9.17) is 37.5 Å². The van der Waals surface area contributed by atoms with Gasteiger partial charge in [-0.15, -0.1) is 24.8 Å². The summed E-state index contributed by atoms with van der Waals surface area (Å²) in [7, 11) is 3.21. The zero-order valence-electron chi connectivity index (χ0n) is 17.1. The predicted octanol–water partition coefficient (Wildman–Crippen LogP) is 4.01. The zero-order chi connectivity index (χ0) is 20.5. The number of hydrogen-bond acceptors (Lipinski definition) is 8. The molecule has 8 nitrogen and oxygen atoms in total. The molecule has 5 N–H and O–H groups in total. The van der Waals surface area contributed by atoms with Gasteiger partial charge >= 0.3 is 0 Å². The first-order valence-corrected chi connectivity index (χ1v) is 9.62. The molecule has 11 heteroatoms. The van der Waals surface area contributed by atoms with Crippen molar-refractivity contribution in [2.24, 2.45) is 5.73 Å². The van der Waals surface area contributed by atoms with E-state index in [-0.39, 0.29) is 30.9 Å². The van der Waals surface area contributed by atoms with Crippen LogP contribution in [0.1, 0.15) is 6.42 Å². The average Bonchev–Trinajstić information content (AvgIpc) is 3.15. The van der Waals surface area contributed by atoms with Crippen LogP contribution in [0.3, 0.4) is 0 Å². The fourth-order valence-corrected chi connectivity index (χ4v) is 3.58. The fraction of sp³-hybridized carbons (Fsp3) is 0.300. The van der Waals surface area contributed by atoms with Gasteiger partial charge in [-0.1, -0.05) is 11.6 Å². The van der Waals surface area contributed by atoms with E-state index in [1.165, 1.54) is 0 Å². The molecule has 1 atom stereocenters. The highest BCUT2D eigenvalue weighted by Gasteiger charge is 2.24. The molecule has 0 spiro atoms. The largest absolute Gasteiger partial charge is 0.493 e. The Bertz CT molecular complexity index is 1070. The molecule has 31 heavy (non-hydrogen) atoms. The van der Waals surface area contributed by atoms with Gasteiger partial charge in [-0.2, -0.15) is 4.98 Å². The number of halogens is 3. The number of ether oxygens (including phenoxy) is 2. The molecule has 0 radical (unpaired) electrons. The molecule has 1 aliphatic rings. The topological polar surface area (TPSA) is 112 Å². The number of nitrogens with one attached hydrogen (secondary N) is 1. The van der Waals surface area contributed by atoms with Crippen LogP contribution < -0.4 is 31.2 Å². The lowest BCUT2D eigenvalue weighted by Gasteiger charge is -2.21. The van der Waals surface area contributed by atoms with Crippen LogP contribution in [-0.2, 0) is 0 Å². The first kappa shape index (κ1) is 24.9. The second-order valence-electron chi connectivity index (χ2n) is 6.95. The molecule has 2 heterocycles. The Morgan fingerprint density at radius 3 is 2.42 bits per heavy atom. The molecule has 1 unspecified atom stereocenters. The van der Waals surface area contributed by atoms with Crippen molar-refractivity contribution >= 4 is 70.5 Å². The predicted molar refractivity (Wildman–Crippen MR) is 131 cm³/mol. The van der Waals surface area contributed by atoms with Gasteiger partial charge in [0.25, 0.3) is 0 Å². The quantitative estimate of drug-likeness (QED) is 0.463. The van der Waals surface area contributed by atoms with E-state index in [9.17, 15) is 0 Å². The molecule has 1 aliphatic heterocycles. The minimum Gasteiger partial charge on any atom is -0.493 e. The van der Waals surface area contributed by atoms with Gasteiger partial charge < -0.3 is 31.2 Å². The van der Waals surface area contributed by atoms with E-state index >= 15 is 0 Å². The number of rotatable bonds is 5. The normalized spacial score (nSPS) is 15.2. The van der Waals surface area contributed by atoms with E-state index in [1.807, 2.05) is 18.2 Å². The molecule has 1 fully saturated rings. The number of hydrogen-bond donors (Lipinski definition) is 3. The molecule has 2 aromatic carbocycles. The van der Waals surface area contributed by atoms with Crippen molar-refractivity contribution in [1.29, 1.82) is 0 Å². The highest BCUT2D eigenvalue weighted by molar-refractivity contribution is 6.33. The summed E-state index contributed by atoms with van der Waals surface area (Å²) in [4.78, 5) is 11.6. The summed E-state index contributed by atoms with van der Waals surface area (Å²) in [6.07, 6.45) is 0.912. The van der Waals surface area contributed by atoms with Gasteiger partial charge in [-0.3, -0.25) is 0 Å². The third-order valence-corrected chi connectivity index (χ3v) is 5.30. The fourth-order valence-electron chi connectivity index (χ4n) is 3.47. The Morgan fingerprint density at radius 1 is 1.10 bits per heavy atom. The Labute approximate surface area is 198 Å². The van der Waals surface area contributed by atoms with Crippen molar-refractivity contribution in [1.82, 2.24) is 9.97 Å². The summed E-state index contributed by atoms with van der Waals surface area (Å²) < 4.78 is 10.9. The summed E-state index contributed by atoms with van der Waals surface area (Å²) in [5.41, 5.74) is 14.0. The monoisotopic (exact) mass is 486 g/mol. The lowest BCUT2D eigenvalue weighted by molar-refractivity contribution is 0.356. The van der Waals surface area contributed by atoms with Crippen LogP contribution >= 0.6 is 36.4 Å². The van der Waals surface area contributed by atoms with Gasteiger partial charge in [0.05, 0.1) is 30.4 Å². The second-order valence-corrected chi connectivity index (χ2v) is 7.36. The first-order valence-electron chi connectivity index (χ1n) is 9.25. The second kappa shape index (κ2) is 10.3. The number of fused-ring (bicyclic) bond motifs is 1. The zero-order valence-corrected chi connectivity index (χ0v) is 19.5. The van der Waals surface area contributed by atoms with Crippen LogP contribution in [0, 0.1) is 0 Å². The summed E-state index contributed by atoms with van der Waals surface area (Å²) in [6.45, 7) is 1.56. The summed E-state index contributed by atoms with van der Waals surface area (Å²) in [6, 6.07) is 9.16. The maximum Gasteiger partial charge on any atom is 0.229 e. The first-order chi connectivity index (χ1) is 14.0.